The van der Waals surface area contributed by atoms with Crippen molar-refractivity contribution in [1.29, 1.82) is 0 Å². The van der Waals surface area contributed by atoms with Crippen molar-refractivity contribution in [2.24, 2.45) is 0 Å². The summed E-state index contributed by atoms with van der Waals surface area (Å²) in [5.41, 5.74) is 3.23. The standard InChI is InChI=1S/C17H17NO2S/c1-12-5-7-14(8-6-12)11-18-17(20)16-10-13(2)15(21-16)4-3-9-19/h5-8,10,19H,9,11H2,1-2H3,(H,18,20). The van der Waals surface area contributed by atoms with E-state index in [1.165, 1.54) is 16.9 Å². The molecule has 21 heavy (non-hydrogen) atoms. The van der Waals surface area contributed by atoms with E-state index in [0.29, 0.717) is 11.4 Å². The highest BCUT2D eigenvalue weighted by molar-refractivity contribution is 7.14. The molecule has 1 aromatic carbocycles. The minimum atomic E-state index is -0.174. The molecule has 0 saturated carbocycles. The lowest BCUT2D eigenvalue weighted by atomic mass is 10.1. The lowest BCUT2D eigenvalue weighted by Crippen LogP contribution is -2.21. The number of amides is 1. The zero-order valence-electron chi connectivity index (χ0n) is 12.1. The maximum atomic E-state index is 12.1. The van der Waals surface area contributed by atoms with Gasteiger partial charge in [-0.05, 0) is 31.0 Å². The van der Waals surface area contributed by atoms with E-state index < -0.39 is 0 Å². The van der Waals surface area contributed by atoms with E-state index in [2.05, 4.69) is 17.2 Å². The molecule has 0 radical (unpaired) electrons. The first-order valence-electron chi connectivity index (χ1n) is 6.64. The highest BCUT2D eigenvalue weighted by atomic mass is 32.1. The van der Waals surface area contributed by atoms with Crippen LogP contribution in [0.5, 0.6) is 0 Å². The summed E-state index contributed by atoms with van der Waals surface area (Å²) in [5, 5.41) is 11.6. The van der Waals surface area contributed by atoms with Gasteiger partial charge in [-0.1, -0.05) is 41.7 Å². The Balaban J connectivity index is 2.02. The van der Waals surface area contributed by atoms with Gasteiger partial charge in [0, 0.05) is 6.54 Å². The maximum Gasteiger partial charge on any atom is 0.261 e. The van der Waals surface area contributed by atoms with Gasteiger partial charge in [0.15, 0.2) is 0 Å². The zero-order valence-corrected chi connectivity index (χ0v) is 12.9. The molecule has 0 unspecified atom stereocenters. The molecule has 0 fully saturated rings. The first-order chi connectivity index (χ1) is 10.1. The molecule has 0 bridgehead atoms. The third-order valence-corrected chi connectivity index (χ3v) is 4.15. The van der Waals surface area contributed by atoms with E-state index in [1.54, 1.807) is 0 Å². The van der Waals surface area contributed by atoms with Crippen LogP contribution in [0.15, 0.2) is 30.3 Å². The summed E-state index contributed by atoms with van der Waals surface area (Å²) >= 11 is 1.35. The van der Waals surface area contributed by atoms with Gasteiger partial charge in [-0.3, -0.25) is 4.79 Å². The van der Waals surface area contributed by atoms with Gasteiger partial charge >= 0.3 is 0 Å². The Morgan fingerprint density at radius 3 is 2.67 bits per heavy atom. The highest BCUT2D eigenvalue weighted by Gasteiger charge is 2.11. The van der Waals surface area contributed by atoms with Gasteiger partial charge in [-0.15, -0.1) is 11.3 Å². The van der Waals surface area contributed by atoms with Gasteiger partial charge in [0.05, 0.1) is 9.75 Å². The van der Waals surface area contributed by atoms with Crippen LogP contribution in [0, 0.1) is 25.7 Å². The molecule has 0 saturated heterocycles. The van der Waals surface area contributed by atoms with Crippen LogP contribution in [0.2, 0.25) is 0 Å². The molecule has 0 atom stereocenters. The van der Waals surface area contributed by atoms with Crippen LogP contribution in [0.25, 0.3) is 0 Å². The number of rotatable bonds is 3. The summed E-state index contributed by atoms with van der Waals surface area (Å²) in [5.74, 6) is 5.36. The number of benzene rings is 1. The molecular formula is C17H17NO2S. The Morgan fingerprint density at radius 2 is 2.00 bits per heavy atom. The molecule has 0 aliphatic heterocycles. The van der Waals surface area contributed by atoms with Crippen molar-refractivity contribution in [3.63, 3.8) is 0 Å². The number of aryl methyl sites for hydroxylation is 2. The molecule has 1 aromatic heterocycles. The summed E-state index contributed by atoms with van der Waals surface area (Å²) in [4.78, 5) is 13.6. The van der Waals surface area contributed by atoms with Crippen LogP contribution in [0.3, 0.4) is 0 Å². The van der Waals surface area contributed by atoms with Crippen molar-refractivity contribution in [1.82, 2.24) is 5.32 Å². The van der Waals surface area contributed by atoms with Crippen LogP contribution in [0.4, 0.5) is 0 Å². The molecule has 4 heteroatoms. The predicted octanol–water partition coefficient (Wildman–Crippen LogP) is 2.64. The van der Waals surface area contributed by atoms with Crippen LogP contribution in [-0.2, 0) is 6.54 Å². The summed E-state index contributed by atoms with van der Waals surface area (Å²) in [6.07, 6.45) is 0. The average Bonchev–Trinajstić information content (AvgIpc) is 2.85. The monoisotopic (exact) mass is 299 g/mol. The van der Waals surface area contributed by atoms with Gasteiger partial charge in [0.25, 0.3) is 5.91 Å². The van der Waals surface area contributed by atoms with E-state index in [0.717, 1.165) is 16.0 Å². The van der Waals surface area contributed by atoms with Crippen LogP contribution in [0.1, 0.15) is 31.2 Å². The Labute approximate surface area is 128 Å². The van der Waals surface area contributed by atoms with Crippen molar-refractivity contribution in [2.75, 3.05) is 6.61 Å². The minimum Gasteiger partial charge on any atom is -0.384 e. The van der Waals surface area contributed by atoms with Crippen molar-refractivity contribution in [2.45, 2.75) is 20.4 Å². The minimum absolute atomic E-state index is 0.0966. The van der Waals surface area contributed by atoms with Gasteiger partial charge in [0.2, 0.25) is 0 Å². The number of thiophene rings is 1. The summed E-state index contributed by atoms with van der Waals surface area (Å²) in [7, 11) is 0. The topological polar surface area (TPSA) is 49.3 Å². The van der Waals surface area contributed by atoms with E-state index in [9.17, 15) is 4.79 Å². The molecule has 2 rings (SSSR count). The number of aliphatic hydroxyl groups is 1. The lowest BCUT2D eigenvalue weighted by Gasteiger charge is -2.04. The first-order valence-corrected chi connectivity index (χ1v) is 7.45. The molecule has 0 spiro atoms. The quantitative estimate of drug-likeness (QED) is 0.856. The lowest BCUT2D eigenvalue weighted by molar-refractivity contribution is 0.0955. The fraction of sp³-hybridized carbons (Fsp3) is 0.235. The van der Waals surface area contributed by atoms with E-state index in [4.69, 9.17) is 5.11 Å². The highest BCUT2D eigenvalue weighted by Crippen LogP contribution is 2.20. The third-order valence-electron chi connectivity index (χ3n) is 3.00. The predicted molar refractivity (Wildman–Crippen MR) is 85.4 cm³/mol. The van der Waals surface area contributed by atoms with Gasteiger partial charge in [0.1, 0.15) is 6.61 Å². The molecule has 108 valence electrons. The van der Waals surface area contributed by atoms with Crippen molar-refractivity contribution >= 4 is 17.2 Å². The number of nitrogens with one attached hydrogen (secondary N) is 1. The van der Waals surface area contributed by atoms with Crippen LogP contribution in [-0.4, -0.2) is 17.6 Å². The van der Waals surface area contributed by atoms with Crippen molar-refractivity contribution in [3.8, 4) is 11.8 Å². The molecule has 1 heterocycles. The molecule has 1 amide bonds. The van der Waals surface area contributed by atoms with Crippen molar-refractivity contribution in [3.05, 3.63) is 56.8 Å². The second-order valence-electron chi connectivity index (χ2n) is 4.75. The van der Waals surface area contributed by atoms with E-state index in [-0.39, 0.29) is 12.5 Å². The summed E-state index contributed by atoms with van der Waals surface area (Å²) in [6.45, 7) is 4.28. The summed E-state index contributed by atoms with van der Waals surface area (Å²) < 4.78 is 0. The first kappa shape index (κ1) is 15.3. The van der Waals surface area contributed by atoms with Gasteiger partial charge in [-0.25, -0.2) is 0 Å². The average molecular weight is 299 g/mol. The summed E-state index contributed by atoms with van der Waals surface area (Å²) in [6, 6.07) is 9.90. The molecular weight excluding hydrogens is 282 g/mol. The Bertz CT molecular complexity index is 690. The Kier molecular flexibility index (Phi) is 5.15. The number of hydrogen-bond donors (Lipinski definition) is 2. The molecule has 0 aliphatic carbocycles. The van der Waals surface area contributed by atoms with Gasteiger partial charge < -0.3 is 10.4 Å². The van der Waals surface area contributed by atoms with Crippen molar-refractivity contribution < 1.29 is 9.90 Å². The maximum absolute atomic E-state index is 12.1. The SMILES string of the molecule is Cc1ccc(CNC(=O)c2cc(C)c(C#CCO)s2)cc1. The van der Waals surface area contributed by atoms with E-state index >= 15 is 0 Å². The molecule has 2 N–H and O–H groups in total. The Morgan fingerprint density at radius 1 is 1.29 bits per heavy atom. The number of carbonyl (C=O) groups is 1. The normalized spacial score (nSPS) is 9.86. The largest absolute Gasteiger partial charge is 0.384 e. The van der Waals surface area contributed by atoms with Gasteiger partial charge in [-0.2, -0.15) is 0 Å². The van der Waals surface area contributed by atoms with Crippen LogP contribution >= 0.6 is 11.3 Å². The zero-order chi connectivity index (χ0) is 15.2. The Hall–Kier alpha value is -2.09. The molecule has 0 aliphatic rings. The fourth-order valence-electron chi connectivity index (χ4n) is 1.81. The smallest absolute Gasteiger partial charge is 0.261 e. The third kappa shape index (κ3) is 4.19. The second-order valence-corrected chi connectivity index (χ2v) is 5.80. The molecule has 3 nitrogen and oxygen atoms in total. The fourth-order valence-corrected chi connectivity index (χ4v) is 2.78. The second kappa shape index (κ2) is 7.07. The number of carbonyl (C=O) groups excluding carboxylic acids is 1. The molecule has 2 aromatic rings. The van der Waals surface area contributed by atoms with Crippen LogP contribution < -0.4 is 5.32 Å². The number of aliphatic hydroxyl groups excluding tert-OH is 1. The number of hydrogen-bond acceptors (Lipinski definition) is 3. The van der Waals surface area contributed by atoms with E-state index in [1.807, 2.05) is 44.2 Å².